The molecule has 3 rings (SSSR count). The van der Waals surface area contributed by atoms with E-state index in [0.717, 1.165) is 11.3 Å². The van der Waals surface area contributed by atoms with Crippen molar-refractivity contribution in [2.45, 2.75) is 6.92 Å². The molecule has 160 valence electrons. The third kappa shape index (κ3) is 5.28. The molecular formula is C20H24N4O5S. The van der Waals surface area contributed by atoms with Crippen molar-refractivity contribution < 1.29 is 22.6 Å². The average molecular weight is 433 g/mol. The van der Waals surface area contributed by atoms with Gasteiger partial charge in [0.1, 0.15) is 12.4 Å². The molecule has 1 heterocycles. The Morgan fingerprint density at radius 2 is 1.70 bits per heavy atom. The summed E-state index contributed by atoms with van der Waals surface area (Å²) in [4.78, 5) is 4.50. The highest BCUT2D eigenvalue weighted by Gasteiger charge is 2.15. The van der Waals surface area contributed by atoms with Gasteiger partial charge in [-0.15, -0.1) is 5.10 Å². The molecule has 0 bridgehead atoms. The van der Waals surface area contributed by atoms with Crippen LogP contribution in [0, 0.1) is 0 Å². The molecule has 0 fully saturated rings. The Bertz CT molecular complexity index is 1060. The average Bonchev–Trinajstić information content (AvgIpc) is 3.18. The van der Waals surface area contributed by atoms with E-state index in [1.54, 1.807) is 50.1 Å². The number of methoxy groups -OCH3 is 2. The van der Waals surface area contributed by atoms with Crippen LogP contribution in [0.2, 0.25) is 0 Å². The smallest absolute Gasteiger partial charge is 0.336 e. The van der Waals surface area contributed by atoms with Crippen LogP contribution < -0.4 is 14.2 Å². The quantitative estimate of drug-likeness (QED) is 0.491. The maximum absolute atomic E-state index is 11.8. The van der Waals surface area contributed by atoms with Crippen LogP contribution >= 0.6 is 0 Å². The van der Waals surface area contributed by atoms with E-state index in [9.17, 15) is 8.42 Å². The molecular weight excluding hydrogens is 408 g/mol. The molecule has 1 N–H and O–H groups in total. The fourth-order valence-corrected chi connectivity index (χ4v) is 3.24. The Hall–Kier alpha value is -3.11. The Kier molecular flexibility index (Phi) is 6.91. The van der Waals surface area contributed by atoms with E-state index in [0.29, 0.717) is 30.4 Å². The number of rotatable bonds is 10. The van der Waals surface area contributed by atoms with Crippen molar-refractivity contribution >= 4 is 15.7 Å². The standard InChI is InChI=1S/C20H24N4O5S/c1-4-30(25,26)23-16-7-9-17(10-8-16)24-19(15-5-11-18(28-3)12-6-15)21-20(22-24)29-14-13-27-2/h5-12,23H,4,13-14H2,1-3H3. The molecule has 30 heavy (non-hydrogen) atoms. The van der Waals surface area contributed by atoms with Crippen molar-refractivity contribution in [1.29, 1.82) is 0 Å². The third-order valence-electron chi connectivity index (χ3n) is 4.22. The number of aromatic nitrogens is 3. The SMILES string of the molecule is CCS(=O)(=O)Nc1ccc(-n2nc(OCCOC)nc2-c2ccc(OC)cc2)cc1. The molecule has 0 saturated heterocycles. The zero-order valence-corrected chi connectivity index (χ0v) is 17.8. The van der Waals surface area contributed by atoms with Crippen LogP contribution in [-0.2, 0) is 14.8 Å². The van der Waals surface area contributed by atoms with Crippen molar-refractivity contribution in [3.8, 4) is 28.8 Å². The topological polar surface area (TPSA) is 105 Å². The Labute approximate surface area is 175 Å². The van der Waals surface area contributed by atoms with Crippen molar-refractivity contribution in [1.82, 2.24) is 14.8 Å². The summed E-state index contributed by atoms with van der Waals surface area (Å²) in [6, 6.07) is 14.5. The van der Waals surface area contributed by atoms with E-state index in [1.165, 1.54) is 0 Å². The fourth-order valence-electron chi connectivity index (χ4n) is 2.60. The molecule has 0 amide bonds. The van der Waals surface area contributed by atoms with Gasteiger partial charge in [-0.1, -0.05) is 0 Å². The van der Waals surface area contributed by atoms with E-state index in [2.05, 4.69) is 14.8 Å². The second-order valence-electron chi connectivity index (χ2n) is 6.25. The number of sulfonamides is 1. The van der Waals surface area contributed by atoms with E-state index < -0.39 is 10.0 Å². The van der Waals surface area contributed by atoms with E-state index in [1.807, 2.05) is 24.3 Å². The zero-order valence-electron chi connectivity index (χ0n) is 17.0. The summed E-state index contributed by atoms with van der Waals surface area (Å²) in [6.45, 7) is 2.32. The van der Waals surface area contributed by atoms with Gasteiger partial charge in [0.25, 0.3) is 0 Å². The summed E-state index contributed by atoms with van der Waals surface area (Å²) in [5.74, 6) is 1.31. The van der Waals surface area contributed by atoms with Crippen LogP contribution in [0.1, 0.15) is 6.92 Å². The molecule has 0 unspecified atom stereocenters. The van der Waals surface area contributed by atoms with Crippen LogP contribution in [0.5, 0.6) is 11.8 Å². The fraction of sp³-hybridized carbons (Fsp3) is 0.300. The number of ether oxygens (including phenoxy) is 3. The van der Waals surface area contributed by atoms with Gasteiger partial charge in [-0.05, 0) is 55.5 Å². The normalized spacial score (nSPS) is 11.3. The molecule has 10 heteroatoms. The molecule has 0 aliphatic rings. The predicted molar refractivity (Wildman–Crippen MR) is 114 cm³/mol. The molecule has 0 radical (unpaired) electrons. The monoisotopic (exact) mass is 432 g/mol. The number of anilines is 1. The molecule has 0 aliphatic carbocycles. The van der Waals surface area contributed by atoms with Crippen LogP contribution in [0.4, 0.5) is 5.69 Å². The van der Waals surface area contributed by atoms with E-state index in [4.69, 9.17) is 14.2 Å². The zero-order chi connectivity index (χ0) is 21.6. The summed E-state index contributed by atoms with van der Waals surface area (Å²) >= 11 is 0. The van der Waals surface area contributed by atoms with Gasteiger partial charge in [0, 0.05) is 18.4 Å². The lowest BCUT2D eigenvalue weighted by Gasteiger charge is -2.09. The van der Waals surface area contributed by atoms with E-state index in [-0.39, 0.29) is 11.8 Å². The summed E-state index contributed by atoms with van der Waals surface area (Å²) in [6.07, 6.45) is 0. The molecule has 0 atom stereocenters. The Morgan fingerprint density at radius 3 is 2.30 bits per heavy atom. The van der Waals surface area contributed by atoms with Gasteiger partial charge >= 0.3 is 6.01 Å². The van der Waals surface area contributed by atoms with Crippen LogP contribution in [0.15, 0.2) is 48.5 Å². The highest BCUT2D eigenvalue weighted by Crippen LogP contribution is 2.26. The van der Waals surface area contributed by atoms with Gasteiger partial charge in [0.2, 0.25) is 10.0 Å². The van der Waals surface area contributed by atoms with Crippen LogP contribution in [0.3, 0.4) is 0 Å². The first kappa shape index (κ1) is 21.6. The number of hydrogen-bond donors (Lipinski definition) is 1. The minimum Gasteiger partial charge on any atom is -0.497 e. The molecule has 0 aliphatic heterocycles. The van der Waals surface area contributed by atoms with Gasteiger partial charge in [0.05, 0.1) is 25.2 Å². The van der Waals surface area contributed by atoms with Crippen molar-refractivity contribution in [3.05, 3.63) is 48.5 Å². The third-order valence-corrected chi connectivity index (χ3v) is 5.53. The number of hydrogen-bond acceptors (Lipinski definition) is 7. The highest BCUT2D eigenvalue weighted by atomic mass is 32.2. The van der Waals surface area contributed by atoms with Crippen LogP contribution in [0.25, 0.3) is 17.1 Å². The van der Waals surface area contributed by atoms with Crippen molar-refractivity contribution in [2.75, 3.05) is 37.9 Å². The molecule has 2 aromatic carbocycles. The number of nitrogens with zero attached hydrogens (tertiary/aromatic N) is 3. The summed E-state index contributed by atoms with van der Waals surface area (Å²) in [5, 5.41) is 4.45. The second-order valence-corrected chi connectivity index (χ2v) is 8.26. The van der Waals surface area contributed by atoms with Crippen molar-refractivity contribution in [3.63, 3.8) is 0 Å². The predicted octanol–water partition coefficient (Wildman–Crippen LogP) is 2.73. The lowest BCUT2D eigenvalue weighted by molar-refractivity contribution is 0.141. The second kappa shape index (κ2) is 9.59. The van der Waals surface area contributed by atoms with Gasteiger partial charge in [-0.2, -0.15) is 4.98 Å². The van der Waals surface area contributed by atoms with Crippen LogP contribution in [-0.4, -0.2) is 56.4 Å². The lowest BCUT2D eigenvalue weighted by Crippen LogP contribution is -2.14. The molecule has 3 aromatic rings. The summed E-state index contributed by atoms with van der Waals surface area (Å²) in [5.41, 5.74) is 2.00. The van der Waals surface area contributed by atoms with Gasteiger partial charge in [-0.3, -0.25) is 4.72 Å². The van der Waals surface area contributed by atoms with Gasteiger partial charge in [0.15, 0.2) is 5.82 Å². The minimum atomic E-state index is -3.35. The maximum atomic E-state index is 11.8. The molecule has 0 spiro atoms. The first-order valence-corrected chi connectivity index (χ1v) is 10.9. The lowest BCUT2D eigenvalue weighted by atomic mass is 10.2. The first-order chi connectivity index (χ1) is 14.5. The maximum Gasteiger partial charge on any atom is 0.336 e. The molecule has 1 aromatic heterocycles. The number of benzene rings is 2. The Morgan fingerprint density at radius 1 is 1.00 bits per heavy atom. The minimum absolute atomic E-state index is 0.00161. The number of nitrogens with one attached hydrogen (secondary N) is 1. The van der Waals surface area contributed by atoms with Gasteiger partial charge < -0.3 is 14.2 Å². The molecule has 0 saturated carbocycles. The summed E-state index contributed by atoms with van der Waals surface area (Å²) < 4.78 is 43.5. The largest absolute Gasteiger partial charge is 0.497 e. The molecule has 9 nitrogen and oxygen atoms in total. The summed E-state index contributed by atoms with van der Waals surface area (Å²) in [7, 11) is -0.150. The van der Waals surface area contributed by atoms with Crippen molar-refractivity contribution in [2.24, 2.45) is 0 Å². The van der Waals surface area contributed by atoms with E-state index >= 15 is 0 Å². The Balaban J connectivity index is 1.95. The first-order valence-electron chi connectivity index (χ1n) is 9.30. The highest BCUT2D eigenvalue weighted by molar-refractivity contribution is 7.92. The van der Waals surface area contributed by atoms with Gasteiger partial charge in [-0.25, -0.2) is 13.1 Å².